The zero-order valence-electron chi connectivity index (χ0n) is 21.3. The van der Waals surface area contributed by atoms with Crippen molar-refractivity contribution in [3.8, 4) is 17.0 Å². The number of aromatic nitrogens is 2. The van der Waals surface area contributed by atoms with Gasteiger partial charge in [-0.3, -0.25) is 4.68 Å². The van der Waals surface area contributed by atoms with Crippen LogP contribution in [-0.2, 0) is 29.5 Å². The lowest BCUT2D eigenvalue weighted by Gasteiger charge is -2.33. The average Bonchev–Trinajstić information content (AvgIpc) is 3.24. The minimum absolute atomic E-state index is 0.147. The lowest BCUT2D eigenvalue weighted by molar-refractivity contribution is 0.0530. The summed E-state index contributed by atoms with van der Waals surface area (Å²) >= 11 is 9.43. The second kappa shape index (κ2) is 11.7. The Morgan fingerprint density at radius 2 is 1.76 bits per heavy atom. The Morgan fingerprint density at radius 1 is 1.08 bits per heavy atom. The molecule has 3 aromatic rings. The molecule has 1 saturated heterocycles. The number of rotatable bonds is 8. The topological polar surface area (TPSA) is 87.9 Å². The molecule has 1 atom stereocenters. The summed E-state index contributed by atoms with van der Waals surface area (Å²) < 4.78 is 35.0. The first-order valence-electron chi connectivity index (χ1n) is 12.8. The molecular formula is C27H32BrClN4O4S. The molecule has 0 aliphatic carbocycles. The van der Waals surface area contributed by atoms with Gasteiger partial charge in [0, 0.05) is 65.5 Å². The summed E-state index contributed by atoms with van der Waals surface area (Å²) in [4.78, 5) is 2.27. The van der Waals surface area contributed by atoms with Gasteiger partial charge in [-0.2, -0.15) is 9.40 Å². The second-order valence-corrected chi connectivity index (χ2v) is 13.4. The number of nitrogens with zero attached hydrogens (tertiary/aromatic N) is 4. The van der Waals surface area contributed by atoms with Crippen LogP contribution < -0.4 is 4.74 Å². The van der Waals surface area contributed by atoms with E-state index in [-0.39, 0.29) is 12.6 Å². The summed E-state index contributed by atoms with van der Waals surface area (Å²) in [6.07, 6.45) is 3.14. The van der Waals surface area contributed by atoms with E-state index in [2.05, 4.69) is 20.8 Å². The molecule has 38 heavy (non-hydrogen) atoms. The van der Waals surface area contributed by atoms with Crippen molar-refractivity contribution in [1.82, 2.24) is 19.0 Å². The molecule has 8 nitrogen and oxygen atoms in total. The van der Waals surface area contributed by atoms with Crippen LogP contribution in [-0.4, -0.2) is 77.2 Å². The van der Waals surface area contributed by atoms with Crippen molar-refractivity contribution in [1.29, 1.82) is 0 Å². The Hall–Kier alpha value is -1.95. The van der Waals surface area contributed by atoms with Gasteiger partial charge in [0.15, 0.2) is 0 Å². The average molecular weight is 624 g/mol. The Bertz CT molecular complexity index is 1360. The van der Waals surface area contributed by atoms with E-state index in [4.69, 9.17) is 21.4 Å². The van der Waals surface area contributed by atoms with E-state index >= 15 is 0 Å². The molecule has 2 aliphatic rings. The van der Waals surface area contributed by atoms with Crippen LogP contribution in [0.25, 0.3) is 11.3 Å². The number of halogens is 2. The van der Waals surface area contributed by atoms with Gasteiger partial charge in [0.2, 0.25) is 10.0 Å². The van der Waals surface area contributed by atoms with Crippen LogP contribution in [0.5, 0.6) is 5.75 Å². The molecule has 1 unspecified atom stereocenters. The number of hydrogen-bond donors (Lipinski definition) is 1. The van der Waals surface area contributed by atoms with Crippen molar-refractivity contribution in [2.24, 2.45) is 0 Å². The van der Waals surface area contributed by atoms with Crippen molar-refractivity contribution in [2.75, 3.05) is 32.4 Å². The van der Waals surface area contributed by atoms with Gasteiger partial charge in [-0.1, -0.05) is 39.7 Å². The maximum absolute atomic E-state index is 12.3. The van der Waals surface area contributed by atoms with E-state index in [1.807, 2.05) is 53.2 Å². The van der Waals surface area contributed by atoms with Crippen LogP contribution in [0, 0.1) is 0 Å². The number of sulfonamides is 1. The third-order valence-electron chi connectivity index (χ3n) is 7.19. The minimum Gasteiger partial charge on any atom is -0.490 e. The molecule has 1 aromatic heterocycles. The van der Waals surface area contributed by atoms with E-state index in [0.29, 0.717) is 31.1 Å². The van der Waals surface area contributed by atoms with Gasteiger partial charge in [-0.25, -0.2) is 8.42 Å². The van der Waals surface area contributed by atoms with Gasteiger partial charge in [-0.05, 0) is 49.2 Å². The maximum Gasteiger partial charge on any atom is 0.211 e. The molecule has 3 heterocycles. The molecule has 2 aliphatic heterocycles. The first kappa shape index (κ1) is 27.6. The Labute approximate surface area is 237 Å². The van der Waals surface area contributed by atoms with E-state index in [1.165, 1.54) is 10.6 Å². The number of aliphatic hydroxyl groups excluding tert-OH is 1. The lowest BCUT2D eigenvalue weighted by atomic mass is 10.0. The minimum atomic E-state index is -3.32. The number of aliphatic hydroxyl groups is 1. The number of ether oxygens (including phenoxy) is 1. The number of β-amino-alcohol motifs (C(OH)–C–C–N with tert-alkyl or cyclic N) is 1. The molecule has 0 amide bonds. The Morgan fingerprint density at radius 3 is 2.42 bits per heavy atom. The van der Waals surface area contributed by atoms with Crippen LogP contribution >= 0.6 is 27.5 Å². The fourth-order valence-electron chi connectivity index (χ4n) is 5.21. The molecule has 5 rings (SSSR count). The maximum atomic E-state index is 12.3. The van der Waals surface area contributed by atoms with Crippen LogP contribution in [0.2, 0.25) is 5.02 Å². The first-order chi connectivity index (χ1) is 18.2. The highest BCUT2D eigenvalue weighted by atomic mass is 79.9. The summed E-state index contributed by atoms with van der Waals surface area (Å²) in [6, 6.07) is 15.3. The zero-order chi connectivity index (χ0) is 26.9. The van der Waals surface area contributed by atoms with E-state index < -0.39 is 16.1 Å². The van der Waals surface area contributed by atoms with E-state index in [0.717, 1.165) is 58.7 Å². The van der Waals surface area contributed by atoms with Crippen molar-refractivity contribution in [3.05, 3.63) is 69.3 Å². The molecule has 1 N–H and O–H groups in total. The number of piperidine rings is 1. The number of benzene rings is 2. The van der Waals surface area contributed by atoms with E-state index in [1.54, 1.807) is 0 Å². The normalized spacial score (nSPS) is 18.3. The third kappa shape index (κ3) is 6.60. The van der Waals surface area contributed by atoms with Gasteiger partial charge < -0.3 is 14.7 Å². The van der Waals surface area contributed by atoms with Gasteiger partial charge in [0.25, 0.3) is 0 Å². The number of hydrogen-bond acceptors (Lipinski definition) is 6. The lowest BCUT2D eigenvalue weighted by Crippen LogP contribution is -2.43. The van der Waals surface area contributed by atoms with Crippen LogP contribution in [0.3, 0.4) is 0 Å². The smallest absolute Gasteiger partial charge is 0.211 e. The van der Waals surface area contributed by atoms with Gasteiger partial charge in [0.05, 0.1) is 24.6 Å². The van der Waals surface area contributed by atoms with Crippen molar-refractivity contribution in [3.63, 3.8) is 0 Å². The molecule has 11 heteroatoms. The van der Waals surface area contributed by atoms with Crippen molar-refractivity contribution < 1.29 is 18.3 Å². The van der Waals surface area contributed by atoms with Crippen molar-refractivity contribution >= 4 is 37.6 Å². The molecule has 0 spiro atoms. The quantitative estimate of drug-likeness (QED) is 0.405. The molecule has 0 bridgehead atoms. The predicted molar refractivity (Wildman–Crippen MR) is 152 cm³/mol. The monoisotopic (exact) mass is 622 g/mol. The highest BCUT2D eigenvalue weighted by Gasteiger charge is 2.30. The zero-order valence-corrected chi connectivity index (χ0v) is 24.4. The molecule has 204 valence electrons. The van der Waals surface area contributed by atoms with Crippen molar-refractivity contribution in [2.45, 2.75) is 44.6 Å². The summed E-state index contributed by atoms with van der Waals surface area (Å²) in [5, 5.41) is 16.6. The van der Waals surface area contributed by atoms with Crippen LogP contribution in [0.1, 0.15) is 24.1 Å². The highest BCUT2D eigenvalue weighted by Crippen LogP contribution is 2.32. The first-order valence-corrected chi connectivity index (χ1v) is 15.8. The number of fused-ring (bicyclic) bond motifs is 1. The van der Waals surface area contributed by atoms with Gasteiger partial charge in [0.1, 0.15) is 11.9 Å². The summed E-state index contributed by atoms with van der Waals surface area (Å²) in [7, 11) is -3.32. The summed E-state index contributed by atoms with van der Waals surface area (Å²) in [5.41, 5.74) is 3.61. The highest BCUT2D eigenvalue weighted by molar-refractivity contribution is 9.10. The Balaban J connectivity index is 1.24. The predicted octanol–water partition coefficient (Wildman–Crippen LogP) is 4.19. The fraction of sp³-hybridized carbons (Fsp3) is 0.444. The summed E-state index contributed by atoms with van der Waals surface area (Å²) in [6.45, 7) is 3.30. The van der Waals surface area contributed by atoms with Gasteiger partial charge in [-0.15, -0.1) is 0 Å². The molecule has 0 radical (unpaired) electrons. The van der Waals surface area contributed by atoms with Crippen LogP contribution in [0.4, 0.5) is 0 Å². The molecular weight excluding hydrogens is 592 g/mol. The molecule has 1 fully saturated rings. The third-order valence-corrected chi connectivity index (χ3v) is 9.22. The SMILES string of the molecule is CS(=O)(=O)N1CCc2c(c(-c3ccc(Br)cc3)nn2CC(O)CN2CCC(Oc3ccc(Cl)cc3)CC2)C1. The van der Waals surface area contributed by atoms with Gasteiger partial charge >= 0.3 is 0 Å². The number of likely N-dealkylation sites (tertiary alicyclic amines) is 1. The Kier molecular flexibility index (Phi) is 8.47. The second-order valence-electron chi connectivity index (χ2n) is 10.0. The fourth-order valence-corrected chi connectivity index (χ4v) is 6.39. The standard InChI is InChI=1S/C27H32BrClN4O4S/c1-38(35,36)32-15-12-26-25(18-32)27(19-2-4-20(28)5-3-19)30-33(26)17-22(34)16-31-13-10-24(11-14-31)37-23-8-6-21(29)7-9-23/h2-9,22,24,34H,10-18H2,1H3. The van der Waals surface area contributed by atoms with Crippen LogP contribution in [0.15, 0.2) is 53.0 Å². The summed E-state index contributed by atoms with van der Waals surface area (Å²) in [5.74, 6) is 0.826. The van der Waals surface area contributed by atoms with E-state index in [9.17, 15) is 13.5 Å². The largest absolute Gasteiger partial charge is 0.490 e. The molecule has 2 aromatic carbocycles. The molecule has 0 saturated carbocycles.